The summed E-state index contributed by atoms with van der Waals surface area (Å²) in [5.74, 6) is 0.815. The maximum absolute atomic E-state index is 3.75. The van der Waals surface area contributed by atoms with Crippen molar-refractivity contribution in [2.24, 2.45) is 5.92 Å². The molecule has 0 amide bonds. The molecule has 110 valence electrons. The first-order valence-corrected chi connectivity index (χ1v) is 8.45. The van der Waals surface area contributed by atoms with E-state index in [1.165, 1.54) is 63.6 Å². The molecule has 2 fully saturated rings. The molecule has 0 saturated carbocycles. The van der Waals surface area contributed by atoms with E-state index >= 15 is 0 Å². The van der Waals surface area contributed by atoms with E-state index in [-0.39, 0.29) is 0 Å². The van der Waals surface area contributed by atoms with E-state index in [4.69, 9.17) is 0 Å². The van der Waals surface area contributed by atoms with E-state index < -0.39 is 0 Å². The van der Waals surface area contributed by atoms with Crippen molar-refractivity contribution >= 4 is 0 Å². The van der Waals surface area contributed by atoms with Crippen LogP contribution in [0.3, 0.4) is 0 Å². The maximum Gasteiger partial charge on any atom is 0.0348 e. The molecule has 2 nitrogen and oxygen atoms in total. The lowest BCUT2D eigenvalue weighted by Crippen LogP contribution is -2.37. The monoisotopic (exact) mass is 272 g/mol. The largest absolute Gasteiger partial charge is 0.314 e. The van der Waals surface area contributed by atoms with Gasteiger partial charge in [0.25, 0.3) is 0 Å². The third kappa shape index (κ3) is 3.62. The lowest BCUT2D eigenvalue weighted by molar-refractivity contribution is 0.246. The molecule has 3 unspecified atom stereocenters. The molecule has 0 spiro atoms. The topological polar surface area (TPSA) is 24.1 Å². The number of hydrogen-bond donors (Lipinski definition) is 2. The molecule has 2 aliphatic rings. The second-order valence-corrected chi connectivity index (χ2v) is 6.47. The molecular formula is C18H28N2. The van der Waals surface area contributed by atoms with E-state index in [9.17, 15) is 0 Å². The van der Waals surface area contributed by atoms with E-state index in [1.807, 2.05) is 0 Å². The first-order chi connectivity index (χ1) is 9.93. The molecule has 3 rings (SSSR count). The fraction of sp³-hybridized carbons (Fsp3) is 0.667. The van der Waals surface area contributed by atoms with Gasteiger partial charge in [0.05, 0.1) is 0 Å². The summed E-state index contributed by atoms with van der Waals surface area (Å²) in [5.41, 5.74) is 1.48. The SMILES string of the molecule is c1ccc(C2NCCCC2CCC2CCCCN2)cc1. The van der Waals surface area contributed by atoms with Crippen molar-refractivity contribution in [3.05, 3.63) is 35.9 Å². The molecule has 20 heavy (non-hydrogen) atoms. The van der Waals surface area contributed by atoms with Gasteiger partial charge in [-0.05, 0) is 63.1 Å². The van der Waals surface area contributed by atoms with Crippen molar-refractivity contribution in [1.29, 1.82) is 0 Å². The third-order valence-electron chi connectivity index (χ3n) is 5.04. The molecule has 0 radical (unpaired) electrons. The van der Waals surface area contributed by atoms with Crippen molar-refractivity contribution in [2.45, 2.75) is 57.0 Å². The lowest BCUT2D eigenvalue weighted by atomic mass is 9.82. The minimum absolute atomic E-state index is 0.577. The van der Waals surface area contributed by atoms with E-state index in [1.54, 1.807) is 0 Å². The van der Waals surface area contributed by atoms with E-state index in [2.05, 4.69) is 41.0 Å². The first-order valence-electron chi connectivity index (χ1n) is 8.45. The zero-order chi connectivity index (χ0) is 13.6. The molecule has 2 heterocycles. The van der Waals surface area contributed by atoms with Crippen LogP contribution in [0.1, 0.15) is 56.6 Å². The Hall–Kier alpha value is -0.860. The van der Waals surface area contributed by atoms with E-state index in [0.29, 0.717) is 6.04 Å². The summed E-state index contributed by atoms with van der Waals surface area (Å²) in [6.45, 7) is 2.41. The van der Waals surface area contributed by atoms with Gasteiger partial charge in [-0.3, -0.25) is 0 Å². The first kappa shape index (κ1) is 14.1. The van der Waals surface area contributed by atoms with Crippen LogP contribution in [0.4, 0.5) is 0 Å². The van der Waals surface area contributed by atoms with Gasteiger partial charge in [0, 0.05) is 12.1 Å². The smallest absolute Gasteiger partial charge is 0.0348 e. The van der Waals surface area contributed by atoms with Gasteiger partial charge in [0.15, 0.2) is 0 Å². The Morgan fingerprint density at radius 2 is 1.70 bits per heavy atom. The van der Waals surface area contributed by atoms with Crippen LogP contribution in [0.2, 0.25) is 0 Å². The summed E-state index contributed by atoms with van der Waals surface area (Å²) in [7, 11) is 0. The van der Waals surface area contributed by atoms with Gasteiger partial charge in [-0.15, -0.1) is 0 Å². The van der Waals surface area contributed by atoms with Gasteiger partial charge in [0.1, 0.15) is 0 Å². The molecule has 1 aromatic rings. The zero-order valence-electron chi connectivity index (χ0n) is 12.5. The van der Waals surface area contributed by atoms with Crippen LogP contribution in [0.15, 0.2) is 30.3 Å². The normalized spacial score (nSPS) is 31.1. The van der Waals surface area contributed by atoms with Gasteiger partial charge in [-0.2, -0.15) is 0 Å². The molecule has 2 saturated heterocycles. The molecule has 2 aliphatic heterocycles. The highest BCUT2D eigenvalue weighted by molar-refractivity contribution is 5.20. The van der Waals surface area contributed by atoms with Crippen LogP contribution in [-0.4, -0.2) is 19.1 Å². The third-order valence-corrected chi connectivity index (χ3v) is 5.04. The summed E-state index contributed by atoms with van der Waals surface area (Å²) in [6.07, 6.45) is 9.62. The summed E-state index contributed by atoms with van der Waals surface area (Å²) < 4.78 is 0. The van der Waals surface area contributed by atoms with Gasteiger partial charge in [0.2, 0.25) is 0 Å². The average molecular weight is 272 g/mol. The van der Waals surface area contributed by atoms with Crippen LogP contribution in [0.25, 0.3) is 0 Å². The highest BCUT2D eigenvalue weighted by atomic mass is 14.9. The van der Waals surface area contributed by atoms with Crippen molar-refractivity contribution in [3.63, 3.8) is 0 Å². The minimum atomic E-state index is 0.577. The van der Waals surface area contributed by atoms with Crippen LogP contribution >= 0.6 is 0 Å². The number of rotatable bonds is 4. The molecule has 2 N–H and O–H groups in total. The van der Waals surface area contributed by atoms with Crippen LogP contribution < -0.4 is 10.6 Å². The van der Waals surface area contributed by atoms with Gasteiger partial charge in [-0.1, -0.05) is 36.8 Å². The standard InChI is InChI=1S/C18H28N2/c1-2-7-15(8-3-1)18-16(9-6-14-20-18)11-12-17-10-4-5-13-19-17/h1-3,7-8,16-20H,4-6,9-14H2. The summed E-state index contributed by atoms with van der Waals surface area (Å²) >= 11 is 0. The Labute approximate surface area is 123 Å². The van der Waals surface area contributed by atoms with E-state index in [0.717, 1.165) is 12.0 Å². The fourth-order valence-electron chi connectivity index (χ4n) is 3.90. The molecule has 1 aromatic carbocycles. The van der Waals surface area contributed by atoms with Crippen molar-refractivity contribution < 1.29 is 0 Å². The molecule has 2 heteroatoms. The Morgan fingerprint density at radius 1 is 0.850 bits per heavy atom. The number of piperidine rings is 2. The molecule has 0 aliphatic carbocycles. The van der Waals surface area contributed by atoms with Crippen molar-refractivity contribution in [2.75, 3.05) is 13.1 Å². The van der Waals surface area contributed by atoms with Crippen molar-refractivity contribution in [3.8, 4) is 0 Å². The summed E-state index contributed by atoms with van der Waals surface area (Å²) in [5, 5.41) is 7.45. The lowest BCUT2D eigenvalue weighted by Gasteiger charge is -2.34. The van der Waals surface area contributed by atoms with Crippen LogP contribution in [-0.2, 0) is 0 Å². The highest BCUT2D eigenvalue weighted by Gasteiger charge is 2.26. The Balaban J connectivity index is 1.57. The van der Waals surface area contributed by atoms with Crippen LogP contribution in [0, 0.1) is 5.92 Å². The molecular weight excluding hydrogens is 244 g/mol. The Morgan fingerprint density at radius 3 is 2.50 bits per heavy atom. The Kier molecular flexibility index (Phi) is 5.10. The quantitative estimate of drug-likeness (QED) is 0.874. The van der Waals surface area contributed by atoms with Gasteiger partial charge >= 0.3 is 0 Å². The average Bonchev–Trinajstić information content (AvgIpc) is 2.55. The predicted molar refractivity (Wildman–Crippen MR) is 84.8 cm³/mol. The molecule has 3 atom stereocenters. The van der Waals surface area contributed by atoms with Crippen LogP contribution in [0.5, 0.6) is 0 Å². The summed E-state index contributed by atoms with van der Waals surface area (Å²) in [4.78, 5) is 0. The second kappa shape index (κ2) is 7.24. The number of nitrogens with one attached hydrogen (secondary N) is 2. The second-order valence-electron chi connectivity index (χ2n) is 6.47. The van der Waals surface area contributed by atoms with Crippen molar-refractivity contribution in [1.82, 2.24) is 10.6 Å². The fourth-order valence-corrected chi connectivity index (χ4v) is 3.90. The maximum atomic E-state index is 3.75. The molecule has 0 bridgehead atoms. The zero-order valence-corrected chi connectivity index (χ0v) is 12.5. The summed E-state index contributed by atoms with van der Waals surface area (Å²) in [6, 6.07) is 12.4. The number of hydrogen-bond acceptors (Lipinski definition) is 2. The minimum Gasteiger partial charge on any atom is -0.314 e. The molecule has 0 aromatic heterocycles. The number of benzene rings is 1. The Bertz CT molecular complexity index is 384. The highest BCUT2D eigenvalue weighted by Crippen LogP contribution is 2.33. The predicted octanol–water partition coefficient (Wildman–Crippen LogP) is 3.65. The van der Waals surface area contributed by atoms with Gasteiger partial charge in [-0.25, -0.2) is 0 Å². The van der Waals surface area contributed by atoms with Gasteiger partial charge < -0.3 is 10.6 Å².